The maximum Gasteiger partial charge on any atom is 0.325 e. The number of ether oxygens (including phenoxy) is 4. The van der Waals surface area contributed by atoms with Crippen molar-refractivity contribution >= 4 is 33.4 Å². The molecule has 168 valence electrons. The SMILES string of the molecule is CCCCOc1cccc(C(=O)N=c2sc3cc4c(cc3n2CC(=O)OC)OCCO4)c1. The van der Waals surface area contributed by atoms with Crippen molar-refractivity contribution in [3.8, 4) is 17.2 Å². The van der Waals surface area contributed by atoms with Crippen LogP contribution in [0.4, 0.5) is 0 Å². The molecule has 0 fully saturated rings. The Hall–Kier alpha value is -3.33. The minimum Gasteiger partial charge on any atom is -0.494 e. The number of unbranched alkanes of at least 4 members (excludes halogenated alkanes) is 1. The number of carbonyl (C=O) groups excluding carboxylic acids is 2. The van der Waals surface area contributed by atoms with Crippen LogP contribution in [-0.4, -0.2) is 43.4 Å². The van der Waals surface area contributed by atoms with Crippen LogP contribution in [0.2, 0.25) is 0 Å². The van der Waals surface area contributed by atoms with Crippen LogP contribution in [0.1, 0.15) is 30.1 Å². The van der Waals surface area contributed by atoms with Crippen molar-refractivity contribution in [3.63, 3.8) is 0 Å². The van der Waals surface area contributed by atoms with Gasteiger partial charge in [-0.15, -0.1) is 0 Å². The molecule has 0 bridgehead atoms. The molecular weight excluding hydrogens is 432 g/mol. The van der Waals surface area contributed by atoms with Gasteiger partial charge in [0.1, 0.15) is 25.5 Å². The number of methoxy groups -OCH3 is 1. The minimum absolute atomic E-state index is 0.0809. The van der Waals surface area contributed by atoms with Gasteiger partial charge in [0.15, 0.2) is 16.3 Å². The predicted molar refractivity (Wildman–Crippen MR) is 120 cm³/mol. The Morgan fingerprint density at radius 1 is 1.16 bits per heavy atom. The third kappa shape index (κ3) is 4.77. The average molecular weight is 457 g/mol. The van der Waals surface area contributed by atoms with Gasteiger partial charge in [0.05, 0.1) is 23.9 Å². The fraction of sp³-hybridized carbons (Fsp3) is 0.348. The van der Waals surface area contributed by atoms with Gasteiger partial charge in [-0.3, -0.25) is 9.59 Å². The Bertz CT molecular complexity index is 1210. The monoisotopic (exact) mass is 456 g/mol. The molecule has 4 rings (SSSR count). The smallest absolute Gasteiger partial charge is 0.325 e. The van der Waals surface area contributed by atoms with E-state index in [9.17, 15) is 9.59 Å². The summed E-state index contributed by atoms with van der Waals surface area (Å²) in [7, 11) is 1.32. The summed E-state index contributed by atoms with van der Waals surface area (Å²) in [5, 5.41) is 0. The molecule has 0 aliphatic carbocycles. The molecule has 0 saturated heterocycles. The highest BCUT2D eigenvalue weighted by Crippen LogP contribution is 2.35. The number of aromatic nitrogens is 1. The number of hydrogen-bond donors (Lipinski definition) is 0. The van der Waals surface area contributed by atoms with Gasteiger partial charge in [-0.1, -0.05) is 30.7 Å². The summed E-state index contributed by atoms with van der Waals surface area (Å²) in [4.78, 5) is 29.7. The molecule has 2 heterocycles. The molecular formula is C23H24N2O6S. The summed E-state index contributed by atoms with van der Waals surface area (Å²) in [6.07, 6.45) is 1.97. The topological polar surface area (TPSA) is 88.4 Å². The predicted octanol–water partition coefficient (Wildman–Crippen LogP) is 3.57. The normalized spacial score (nSPS) is 13.2. The summed E-state index contributed by atoms with van der Waals surface area (Å²) >= 11 is 1.29. The maximum absolute atomic E-state index is 12.9. The minimum atomic E-state index is -0.445. The van der Waals surface area contributed by atoms with Crippen molar-refractivity contribution in [1.29, 1.82) is 0 Å². The number of amides is 1. The summed E-state index contributed by atoms with van der Waals surface area (Å²) in [6, 6.07) is 10.6. The van der Waals surface area contributed by atoms with E-state index >= 15 is 0 Å². The van der Waals surface area contributed by atoms with Crippen LogP contribution in [0.25, 0.3) is 10.2 Å². The van der Waals surface area contributed by atoms with Crippen LogP contribution in [0.15, 0.2) is 41.4 Å². The van der Waals surface area contributed by atoms with E-state index in [-0.39, 0.29) is 6.54 Å². The van der Waals surface area contributed by atoms with Gasteiger partial charge in [0, 0.05) is 17.7 Å². The van der Waals surface area contributed by atoms with Crippen molar-refractivity contribution in [1.82, 2.24) is 4.57 Å². The first-order chi connectivity index (χ1) is 15.6. The van der Waals surface area contributed by atoms with E-state index in [0.29, 0.717) is 53.0 Å². The van der Waals surface area contributed by atoms with Crippen LogP contribution in [0.3, 0.4) is 0 Å². The fourth-order valence-corrected chi connectivity index (χ4v) is 4.28. The molecule has 1 aromatic heterocycles. The lowest BCUT2D eigenvalue weighted by atomic mass is 10.2. The Morgan fingerprint density at radius 2 is 1.94 bits per heavy atom. The second kappa shape index (κ2) is 9.86. The average Bonchev–Trinajstić information content (AvgIpc) is 3.13. The lowest BCUT2D eigenvalue weighted by Crippen LogP contribution is -2.22. The second-order valence-electron chi connectivity index (χ2n) is 7.16. The van der Waals surface area contributed by atoms with E-state index in [1.807, 2.05) is 12.1 Å². The van der Waals surface area contributed by atoms with E-state index in [0.717, 1.165) is 17.5 Å². The highest BCUT2D eigenvalue weighted by Gasteiger charge is 2.18. The van der Waals surface area contributed by atoms with Crippen LogP contribution < -0.4 is 19.0 Å². The number of esters is 1. The molecule has 0 radical (unpaired) electrons. The molecule has 32 heavy (non-hydrogen) atoms. The van der Waals surface area contributed by atoms with Gasteiger partial charge in [-0.2, -0.15) is 4.99 Å². The molecule has 0 spiro atoms. The molecule has 0 saturated carbocycles. The zero-order chi connectivity index (χ0) is 22.5. The van der Waals surface area contributed by atoms with E-state index in [1.54, 1.807) is 28.8 Å². The van der Waals surface area contributed by atoms with Gasteiger partial charge in [0.25, 0.3) is 5.91 Å². The number of fused-ring (bicyclic) bond motifs is 2. The summed E-state index contributed by atoms with van der Waals surface area (Å²) in [5.74, 6) is 0.980. The van der Waals surface area contributed by atoms with Gasteiger partial charge in [-0.05, 0) is 24.6 Å². The highest BCUT2D eigenvalue weighted by molar-refractivity contribution is 7.16. The zero-order valence-electron chi connectivity index (χ0n) is 18.0. The molecule has 0 unspecified atom stereocenters. The first kappa shape index (κ1) is 21.9. The van der Waals surface area contributed by atoms with Crippen LogP contribution in [0.5, 0.6) is 17.2 Å². The third-order valence-corrected chi connectivity index (χ3v) is 5.95. The molecule has 2 aromatic carbocycles. The molecule has 0 N–H and O–H groups in total. The molecule has 8 nitrogen and oxygen atoms in total. The highest BCUT2D eigenvalue weighted by atomic mass is 32.1. The van der Waals surface area contributed by atoms with Gasteiger partial charge < -0.3 is 23.5 Å². The number of rotatable bonds is 7. The van der Waals surface area contributed by atoms with Gasteiger partial charge >= 0.3 is 5.97 Å². The quantitative estimate of drug-likeness (QED) is 0.399. The number of thiazole rings is 1. The molecule has 3 aromatic rings. The van der Waals surface area contributed by atoms with Crippen LogP contribution in [0, 0.1) is 0 Å². The molecule has 1 aliphatic rings. The van der Waals surface area contributed by atoms with E-state index in [2.05, 4.69) is 11.9 Å². The van der Waals surface area contributed by atoms with E-state index in [1.165, 1.54) is 18.4 Å². The standard InChI is InChI=1S/C23H24N2O6S/c1-3-4-8-29-16-7-5-6-15(11-16)22(27)24-23-25(14-21(26)28-2)17-12-18-19(13-20(17)32-23)31-10-9-30-18/h5-7,11-13H,3-4,8-10,14H2,1-2H3. The van der Waals surface area contributed by atoms with Gasteiger partial charge in [-0.25, -0.2) is 0 Å². The van der Waals surface area contributed by atoms with Crippen molar-refractivity contribution in [2.24, 2.45) is 4.99 Å². The first-order valence-electron chi connectivity index (χ1n) is 10.4. The fourth-order valence-electron chi connectivity index (χ4n) is 3.24. The van der Waals surface area contributed by atoms with Crippen molar-refractivity contribution in [2.75, 3.05) is 26.9 Å². The Morgan fingerprint density at radius 3 is 2.69 bits per heavy atom. The number of hydrogen-bond acceptors (Lipinski definition) is 7. The van der Waals surface area contributed by atoms with E-state index in [4.69, 9.17) is 18.9 Å². The number of nitrogens with zero attached hydrogens (tertiary/aromatic N) is 2. The van der Waals surface area contributed by atoms with E-state index < -0.39 is 11.9 Å². The van der Waals surface area contributed by atoms with Crippen molar-refractivity contribution < 1.29 is 28.5 Å². The van der Waals surface area contributed by atoms with Crippen LogP contribution in [-0.2, 0) is 16.1 Å². The summed E-state index contributed by atoms with van der Waals surface area (Å²) < 4.78 is 24.3. The lowest BCUT2D eigenvalue weighted by molar-refractivity contribution is -0.141. The molecule has 1 amide bonds. The molecule has 0 atom stereocenters. The Kier molecular flexibility index (Phi) is 6.75. The number of carbonyl (C=O) groups is 2. The van der Waals surface area contributed by atoms with Crippen molar-refractivity contribution in [3.05, 3.63) is 46.8 Å². The molecule has 1 aliphatic heterocycles. The summed E-state index contributed by atoms with van der Waals surface area (Å²) in [6.45, 7) is 3.52. The Labute approximate surface area is 189 Å². The maximum atomic E-state index is 12.9. The lowest BCUT2D eigenvalue weighted by Gasteiger charge is -2.18. The third-order valence-electron chi connectivity index (χ3n) is 4.91. The first-order valence-corrected chi connectivity index (χ1v) is 11.2. The Balaban J connectivity index is 1.73. The van der Waals surface area contributed by atoms with Crippen molar-refractivity contribution in [2.45, 2.75) is 26.3 Å². The van der Waals surface area contributed by atoms with Crippen LogP contribution >= 0.6 is 11.3 Å². The molecule has 9 heteroatoms. The van der Waals surface area contributed by atoms with Gasteiger partial charge in [0.2, 0.25) is 0 Å². The largest absolute Gasteiger partial charge is 0.494 e. The number of benzene rings is 2. The zero-order valence-corrected chi connectivity index (χ0v) is 18.8. The second-order valence-corrected chi connectivity index (χ2v) is 8.17. The summed E-state index contributed by atoms with van der Waals surface area (Å²) in [5.41, 5.74) is 1.12.